The molecular weight excluding hydrogens is 406 g/mol. The third-order valence-corrected chi connectivity index (χ3v) is 6.03. The van der Waals surface area contributed by atoms with Crippen molar-refractivity contribution in [1.82, 2.24) is 9.88 Å². The molecule has 1 heterocycles. The summed E-state index contributed by atoms with van der Waals surface area (Å²) in [6.07, 6.45) is 1.04. The Labute approximate surface area is 185 Å². The van der Waals surface area contributed by atoms with Crippen LogP contribution in [-0.4, -0.2) is 28.4 Å². The molecule has 0 bridgehead atoms. The number of rotatable bonds is 8. The predicted molar refractivity (Wildman–Crippen MR) is 126 cm³/mol. The molecule has 31 heavy (non-hydrogen) atoms. The van der Waals surface area contributed by atoms with Crippen LogP contribution >= 0.6 is 11.3 Å². The lowest BCUT2D eigenvalue weighted by molar-refractivity contribution is -0.384. The molecule has 4 aromatic rings. The molecule has 6 heteroatoms. The second kappa shape index (κ2) is 9.64. The third kappa shape index (κ3) is 5.42. The molecule has 0 amide bonds. The van der Waals surface area contributed by atoms with Crippen LogP contribution in [0.1, 0.15) is 11.1 Å². The molecule has 3 aromatic carbocycles. The minimum Gasteiger partial charge on any atom is -0.302 e. The van der Waals surface area contributed by atoms with Crippen molar-refractivity contribution < 1.29 is 4.92 Å². The molecule has 0 aliphatic rings. The molecule has 0 N–H and O–H groups in total. The zero-order valence-corrected chi connectivity index (χ0v) is 18.1. The van der Waals surface area contributed by atoms with E-state index in [2.05, 4.69) is 60.5 Å². The number of hydrogen-bond donors (Lipinski definition) is 0. The van der Waals surface area contributed by atoms with E-state index in [4.69, 9.17) is 4.98 Å². The first kappa shape index (κ1) is 20.9. The fourth-order valence-electron chi connectivity index (χ4n) is 3.43. The van der Waals surface area contributed by atoms with Gasteiger partial charge in [-0.15, -0.1) is 11.3 Å². The quantitative estimate of drug-likeness (QED) is 0.252. The van der Waals surface area contributed by atoms with Crippen molar-refractivity contribution in [2.75, 3.05) is 13.6 Å². The molecular formula is C25H23N3O2S. The normalized spacial score (nSPS) is 11.0. The number of hydrogen-bond acceptors (Lipinski definition) is 5. The van der Waals surface area contributed by atoms with E-state index >= 15 is 0 Å². The fraction of sp³-hybridized carbons (Fsp3) is 0.160. The molecule has 156 valence electrons. The standard InChI is InChI=1S/C25H23N3O2S/c1-27(15-14-19-6-3-2-4-7-19)17-20-10-12-21(13-11-20)24-18-31-25(26-24)22-8-5-9-23(16-22)28(29)30/h2-13,16,18H,14-15,17H2,1H3. The number of nitrogens with zero attached hydrogens (tertiary/aromatic N) is 3. The number of likely N-dealkylation sites (N-methyl/N-ethyl adjacent to an activating group) is 1. The van der Waals surface area contributed by atoms with Gasteiger partial charge >= 0.3 is 0 Å². The van der Waals surface area contributed by atoms with Gasteiger partial charge in [-0.25, -0.2) is 4.98 Å². The van der Waals surface area contributed by atoms with Crippen LogP contribution < -0.4 is 0 Å². The Hall–Kier alpha value is -3.35. The summed E-state index contributed by atoms with van der Waals surface area (Å²) in [6.45, 7) is 1.90. The monoisotopic (exact) mass is 429 g/mol. The highest BCUT2D eigenvalue weighted by Gasteiger charge is 2.11. The highest BCUT2D eigenvalue weighted by molar-refractivity contribution is 7.13. The van der Waals surface area contributed by atoms with E-state index in [0.717, 1.165) is 41.3 Å². The summed E-state index contributed by atoms with van der Waals surface area (Å²) in [5.41, 5.74) is 5.39. The van der Waals surface area contributed by atoms with E-state index in [-0.39, 0.29) is 10.6 Å². The smallest absolute Gasteiger partial charge is 0.270 e. The summed E-state index contributed by atoms with van der Waals surface area (Å²) in [5, 5.41) is 13.8. The van der Waals surface area contributed by atoms with E-state index in [1.54, 1.807) is 12.1 Å². The van der Waals surface area contributed by atoms with Gasteiger partial charge in [0.2, 0.25) is 0 Å². The first-order valence-electron chi connectivity index (χ1n) is 10.1. The average Bonchev–Trinajstić information content (AvgIpc) is 3.29. The number of thiazole rings is 1. The van der Waals surface area contributed by atoms with Gasteiger partial charge in [-0.05, 0) is 24.6 Å². The van der Waals surface area contributed by atoms with Crippen LogP contribution in [0.4, 0.5) is 5.69 Å². The van der Waals surface area contributed by atoms with Crippen LogP contribution in [0.5, 0.6) is 0 Å². The summed E-state index contributed by atoms with van der Waals surface area (Å²) in [6, 6.07) is 25.6. The third-order valence-electron chi connectivity index (χ3n) is 5.14. The van der Waals surface area contributed by atoms with Crippen molar-refractivity contribution >= 4 is 17.0 Å². The number of aromatic nitrogens is 1. The number of non-ortho nitro benzene ring substituents is 1. The van der Waals surface area contributed by atoms with Crippen LogP contribution in [0, 0.1) is 10.1 Å². The van der Waals surface area contributed by atoms with Crippen LogP contribution in [0.2, 0.25) is 0 Å². The largest absolute Gasteiger partial charge is 0.302 e. The Bertz CT molecular complexity index is 1160. The van der Waals surface area contributed by atoms with Gasteiger partial charge in [0.1, 0.15) is 5.01 Å². The first-order chi connectivity index (χ1) is 15.1. The number of benzene rings is 3. The Morgan fingerprint density at radius 3 is 2.45 bits per heavy atom. The average molecular weight is 430 g/mol. The molecule has 0 atom stereocenters. The van der Waals surface area contributed by atoms with Gasteiger partial charge in [0.15, 0.2) is 0 Å². The van der Waals surface area contributed by atoms with Crippen molar-refractivity contribution in [2.45, 2.75) is 13.0 Å². The van der Waals surface area contributed by atoms with Crippen LogP contribution in [-0.2, 0) is 13.0 Å². The van der Waals surface area contributed by atoms with Crippen molar-refractivity contribution in [2.24, 2.45) is 0 Å². The first-order valence-corrected chi connectivity index (χ1v) is 11.0. The van der Waals surface area contributed by atoms with Gasteiger partial charge in [0, 0.05) is 41.7 Å². The van der Waals surface area contributed by atoms with E-state index in [1.807, 2.05) is 17.5 Å². The van der Waals surface area contributed by atoms with Gasteiger partial charge in [0.05, 0.1) is 10.6 Å². The van der Waals surface area contributed by atoms with Crippen LogP contribution in [0.25, 0.3) is 21.8 Å². The number of nitro benzene ring substituents is 1. The molecule has 0 aliphatic heterocycles. The van der Waals surface area contributed by atoms with Crippen molar-refractivity contribution in [3.8, 4) is 21.8 Å². The Kier molecular flexibility index (Phi) is 6.50. The summed E-state index contributed by atoms with van der Waals surface area (Å²) < 4.78 is 0. The second-order valence-electron chi connectivity index (χ2n) is 7.52. The zero-order valence-electron chi connectivity index (χ0n) is 17.3. The van der Waals surface area contributed by atoms with Gasteiger partial charge in [0.25, 0.3) is 5.69 Å². The maximum Gasteiger partial charge on any atom is 0.270 e. The Morgan fingerprint density at radius 2 is 1.71 bits per heavy atom. The van der Waals surface area contributed by atoms with Crippen LogP contribution in [0.15, 0.2) is 84.2 Å². The molecule has 0 fully saturated rings. The fourth-order valence-corrected chi connectivity index (χ4v) is 4.25. The minimum absolute atomic E-state index is 0.0787. The molecule has 0 saturated carbocycles. The van der Waals surface area contributed by atoms with E-state index in [0.29, 0.717) is 0 Å². The van der Waals surface area contributed by atoms with E-state index < -0.39 is 0 Å². The molecule has 5 nitrogen and oxygen atoms in total. The molecule has 0 unspecified atom stereocenters. The maximum atomic E-state index is 11.0. The summed E-state index contributed by atoms with van der Waals surface area (Å²) in [5.74, 6) is 0. The lowest BCUT2D eigenvalue weighted by Crippen LogP contribution is -2.20. The SMILES string of the molecule is CN(CCc1ccccc1)Cc1ccc(-c2csc(-c3cccc([N+](=O)[O-])c3)n2)cc1. The lowest BCUT2D eigenvalue weighted by Gasteiger charge is -2.17. The Morgan fingerprint density at radius 1 is 0.935 bits per heavy atom. The van der Waals surface area contributed by atoms with E-state index in [9.17, 15) is 10.1 Å². The maximum absolute atomic E-state index is 11.0. The van der Waals surface area contributed by atoms with Crippen molar-refractivity contribution in [3.63, 3.8) is 0 Å². The van der Waals surface area contributed by atoms with Crippen molar-refractivity contribution in [3.05, 3.63) is 105 Å². The summed E-state index contributed by atoms with van der Waals surface area (Å²) in [7, 11) is 2.14. The summed E-state index contributed by atoms with van der Waals surface area (Å²) in [4.78, 5) is 17.7. The molecule has 0 saturated heterocycles. The Balaban J connectivity index is 1.39. The lowest BCUT2D eigenvalue weighted by atomic mass is 10.1. The van der Waals surface area contributed by atoms with Gasteiger partial charge < -0.3 is 4.90 Å². The molecule has 0 radical (unpaired) electrons. The van der Waals surface area contributed by atoms with Gasteiger partial charge in [-0.1, -0.05) is 66.7 Å². The number of nitro groups is 1. The second-order valence-corrected chi connectivity index (χ2v) is 8.37. The zero-order chi connectivity index (χ0) is 21.6. The van der Waals surface area contributed by atoms with Crippen molar-refractivity contribution in [1.29, 1.82) is 0 Å². The molecule has 1 aromatic heterocycles. The molecule has 0 aliphatic carbocycles. The van der Waals surface area contributed by atoms with Gasteiger partial charge in [-0.3, -0.25) is 10.1 Å². The van der Waals surface area contributed by atoms with Gasteiger partial charge in [-0.2, -0.15) is 0 Å². The van der Waals surface area contributed by atoms with E-state index in [1.165, 1.54) is 28.5 Å². The topological polar surface area (TPSA) is 59.3 Å². The summed E-state index contributed by atoms with van der Waals surface area (Å²) >= 11 is 1.50. The highest BCUT2D eigenvalue weighted by Crippen LogP contribution is 2.30. The molecule has 0 spiro atoms. The highest BCUT2D eigenvalue weighted by atomic mass is 32.1. The van der Waals surface area contributed by atoms with Crippen LogP contribution in [0.3, 0.4) is 0 Å². The predicted octanol–water partition coefficient (Wildman–Crippen LogP) is 6.06. The minimum atomic E-state index is -0.381. The molecule has 4 rings (SSSR count).